The molecule has 0 spiro atoms. The lowest BCUT2D eigenvalue weighted by atomic mass is 9.33. The molecule has 4 aliphatic rings. The predicted octanol–water partition coefficient (Wildman–Crippen LogP) is 20.6. The molecule has 0 unspecified atom stereocenters. The van der Waals surface area contributed by atoms with Crippen LogP contribution in [0.1, 0.15) is 22.3 Å². The van der Waals surface area contributed by atoms with Gasteiger partial charge in [-0.25, -0.2) is 0 Å². The van der Waals surface area contributed by atoms with Gasteiger partial charge in [-0.05, 0) is 205 Å². The normalized spacial score (nSPS) is 13.2. The Morgan fingerprint density at radius 1 is 0.206 bits per heavy atom. The van der Waals surface area contributed by atoms with E-state index in [0.29, 0.717) is 0 Å². The average molecular weight is 1300 g/mol. The molecule has 2 aromatic heterocycles. The topological polar surface area (TPSA) is 22.8 Å². The second kappa shape index (κ2) is 22.4. The minimum Gasteiger partial charge on any atom is -0.311 e. The van der Waals surface area contributed by atoms with Gasteiger partial charge >= 0.3 is 0 Å². The maximum Gasteiger partial charge on any atom is 0.252 e. The Bertz CT molecular complexity index is 6320. The monoisotopic (exact) mass is 1300 g/mol. The Kier molecular flexibility index (Phi) is 12.8. The molecule has 6 nitrogen and oxygen atoms in total. The molecule has 0 bridgehead atoms. The third kappa shape index (κ3) is 8.62. The highest BCUT2D eigenvalue weighted by molar-refractivity contribution is 7.01. The van der Waals surface area contributed by atoms with Crippen LogP contribution in [0.15, 0.2) is 328 Å². The van der Waals surface area contributed by atoms with Gasteiger partial charge in [0.15, 0.2) is 0 Å². The van der Waals surface area contributed by atoms with Crippen molar-refractivity contribution in [3.05, 3.63) is 350 Å². The minimum atomic E-state index is -0.0691. The number of anilines is 12. The molecule has 0 radical (unpaired) electrons. The van der Waals surface area contributed by atoms with Gasteiger partial charge in [-0.2, -0.15) is 0 Å². The number of para-hydroxylation sites is 4. The third-order valence-electron chi connectivity index (χ3n) is 22.3. The van der Waals surface area contributed by atoms with Crippen LogP contribution in [-0.2, 0) is 0 Å². The highest BCUT2D eigenvalue weighted by Crippen LogP contribution is 2.51. The second-order valence-corrected chi connectivity index (χ2v) is 28.3. The summed E-state index contributed by atoms with van der Waals surface area (Å²) >= 11 is 0. The SMILES string of the molecule is Cc1ccc(N2c3ccc(C)cc3B3c4cc5c6ccc(-c7ccccc7N7c8cc9c(cc8B8c%10cc(C)ccc%10N(c%10ccc(C)cc%10)c%10cccc7c%108)c7ccccc7n9-c7ccccc7)cc6n(-c6ccccc6)c5cc4N(c4ccc(-c5ccccc5)cc4)c4cccc2c43)cc1. The van der Waals surface area contributed by atoms with Crippen LogP contribution in [0.3, 0.4) is 0 Å². The van der Waals surface area contributed by atoms with Crippen molar-refractivity contribution in [2.75, 3.05) is 19.6 Å². The average Bonchev–Trinajstić information content (AvgIpc) is 1.09. The second-order valence-electron chi connectivity index (χ2n) is 28.3. The van der Waals surface area contributed by atoms with E-state index in [1.54, 1.807) is 0 Å². The molecule has 4 aliphatic heterocycles. The molecule has 0 fully saturated rings. The number of aryl methyl sites for hydroxylation is 4. The fourth-order valence-corrected chi connectivity index (χ4v) is 17.8. The lowest BCUT2D eigenvalue weighted by Gasteiger charge is -2.44. The summed E-state index contributed by atoms with van der Waals surface area (Å²) in [4.78, 5) is 10.2. The highest BCUT2D eigenvalue weighted by Gasteiger charge is 2.46. The molecule has 6 heterocycles. The van der Waals surface area contributed by atoms with Crippen LogP contribution in [0, 0.1) is 27.7 Å². The van der Waals surface area contributed by atoms with Crippen molar-refractivity contribution in [2.45, 2.75) is 27.7 Å². The van der Waals surface area contributed by atoms with E-state index in [-0.39, 0.29) is 13.4 Å². The van der Waals surface area contributed by atoms with Gasteiger partial charge in [0.25, 0.3) is 13.4 Å². The number of rotatable bonds is 8. The fraction of sp³-hybridized carbons (Fsp3) is 0.0426. The van der Waals surface area contributed by atoms with Gasteiger partial charge in [-0.1, -0.05) is 222 Å². The van der Waals surface area contributed by atoms with Crippen molar-refractivity contribution >= 4 is 158 Å². The summed E-state index contributed by atoms with van der Waals surface area (Å²) in [7, 11) is 0. The minimum absolute atomic E-state index is 0.0688. The molecule has 0 saturated carbocycles. The maximum absolute atomic E-state index is 2.61. The molecular weight excluding hydrogens is 1230 g/mol. The van der Waals surface area contributed by atoms with Gasteiger partial charge in [-0.15, -0.1) is 0 Å². The van der Waals surface area contributed by atoms with E-state index >= 15 is 0 Å². The first-order valence-corrected chi connectivity index (χ1v) is 35.6. The van der Waals surface area contributed by atoms with Crippen LogP contribution < -0.4 is 52.4 Å². The Morgan fingerprint density at radius 3 is 1.14 bits per heavy atom. The molecule has 478 valence electrons. The number of hydrogen-bond donors (Lipinski definition) is 0. The van der Waals surface area contributed by atoms with Crippen molar-refractivity contribution in [1.29, 1.82) is 0 Å². The lowest BCUT2D eigenvalue weighted by Crippen LogP contribution is -2.61. The molecule has 102 heavy (non-hydrogen) atoms. The van der Waals surface area contributed by atoms with Gasteiger partial charge in [0.05, 0.1) is 27.8 Å². The van der Waals surface area contributed by atoms with Gasteiger partial charge < -0.3 is 28.7 Å². The van der Waals surface area contributed by atoms with E-state index in [4.69, 9.17) is 0 Å². The Hall–Kier alpha value is -12.8. The van der Waals surface area contributed by atoms with Gasteiger partial charge in [0.2, 0.25) is 0 Å². The van der Waals surface area contributed by atoms with Crippen LogP contribution in [0.5, 0.6) is 0 Å². The van der Waals surface area contributed by atoms with E-state index in [0.717, 1.165) is 62.0 Å². The quantitative estimate of drug-likeness (QED) is 0.141. The number of aromatic nitrogens is 2. The molecule has 0 amide bonds. The molecular formula is C94H66B2N6. The van der Waals surface area contributed by atoms with Crippen LogP contribution in [-0.4, -0.2) is 22.6 Å². The maximum atomic E-state index is 2.61. The van der Waals surface area contributed by atoms with E-state index in [1.165, 1.54) is 139 Å². The summed E-state index contributed by atoms with van der Waals surface area (Å²) in [5.74, 6) is 0. The molecule has 0 atom stereocenters. The Labute approximate surface area is 594 Å². The first-order chi connectivity index (χ1) is 50.3. The predicted molar refractivity (Wildman–Crippen MR) is 433 cm³/mol. The molecule has 0 saturated heterocycles. The Balaban J connectivity index is 0.809. The number of hydrogen-bond acceptors (Lipinski definition) is 4. The number of fused-ring (bicyclic) bond motifs is 14. The largest absolute Gasteiger partial charge is 0.311 e. The molecule has 0 N–H and O–H groups in total. The first kappa shape index (κ1) is 58.2. The van der Waals surface area contributed by atoms with Crippen LogP contribution in [0.25, 0.3) is 77.2 Å². The van der Waals surface area contributed by atoms with Crippen molar-refractivity contribution in [3.8, 4) is 33.6 Å². The highest BCUT2D eigenvalue weighted by atomic mass is 15.2. The number of nitrogens with zero attached hydrogens (tertiary/aromatic N) is 6. The smallest absolute Gasteiger partial charge is 0.252 e. The van der Waals surface area contributed by atoms with Crippen molar-refractivity contribution in [2.24, 2.45) is 0 Å². The summed E-state index contributed by atoms with van der Waals surface area (Å²) in [5, 5.41) is 4.87. The van der Waals surface area contributed by atoms with Gasteiger partial charge in [-0.3, -0.25) is 0 Å². The molecule has 15 aromatic carbocycles. The van der Waals surface area contributed by atoms with Crippen LogP contribution in [0.4, 0.5) is 68.2 Å². The molecule has 0 aliphatic carbocycles. The van der Waals surface area contributed by atoms with E-state index in [9.17, 15) is 0 Å². The summed E-state index contributed by atoms with van der Waals surface area (Å²) in [6.07, 6.45) is 0. The molecule has 8 heteroatoms. The summed E-state index contributed by atoms with van der Waals surface area (Å²) in [6.45, 7) is 8.70. The fourth-order valence-electron chi connectivity index (χ4n) is 17.8. The first-order valence-electron chi connectivity index (χ1n) is 35.6. The molecule has 17 aromatic rings. The van der Waals surface area contributed by atoms with E-state index in [2.05, 4.69) is 384 Å². The molecule has 21 rings (SSSR count). The third-order valence-corrected chi connectivity index (χ3v) is 22.3. The summed E-state index contributed by atoms with van der Waals surface area (Å²) < 4.78 is 5.00. The van der Waals surface area contributed by atoms with Gasteiger partial charge in [0, 0.05) is 101 Å². The van der Waals surface area contributed by atoms with E-state index in [1.807, 2.05) is 0 Å². The van der Waals surface area contributed by atoms with Crippen molar-refractivity contribution in [3.63, 3.8) is 0 Å². The zero-order valence-electron chi connectivity index (χ0n) is 57.0. The summed E-state index contributed by atoms with van der Waals surface area (Å²) in [6, 6.07) is 124. The zero-order valence-corrected chi connectivity index (χ0v) is 57.0. The zero-order chi connectivity index (χ0) is 67.6. The van der Waals surface area contributed by atoms with Crippen LogP contribution in [0.2, 0.25) is 0 Å². The van der Waals surface area contributed by atoms with Crippen molar-refractivity contribution < 1.29 is 0 Å². The lowest BCUT2D eigenvalue weighted by molar-refractivity contribution is 1.18. The van der Waals surface area contributed by atoms with Crippen molar-refractivity contribution in [1.82, 2.24) is 9.13 Å². The van der Waals surface area contributed by atoms with Crippen LogP contribution >= 0.6 is 0 Å². The van der Waals surface area contributed by atoms with Gasteiger partial charge in [0.1, 0.15) is 0 Å². The summed E-state index contributed by atoms with van der Waals surface area (Å²) in [5.41, 5.74) is 38.2. The Morgan fingerprint density at radius 2 is 0.588 bits per heavy atom. The number of benzene rings is 15. The standard InChI is InChI=1S/C94H66B2N6/c1-59-34-43-68(44-35-59)98-82-50-38-61(3)52-76(82)95-78-56-75-73-49-42-65(54-88(73)101(67-24-12-7-13-25-67)90(75)57-91(78)100(86-32-18-30-84(98)93(86)95)70-47-40-64(41-48-70)63-20-8-5-9-21-63)71-26-14-16-28-80(71)102-87-33-19-31-85-94(87)96(77-53-62(4)39-51-83(77)99(85)69-45-36-60(2)37-46-69)79-55-74-72-27-15-17-29-81(72)97(89(74)58-92(79)102)66-22-10-6-11-23-66/h5-58H,1-4H3. The van der Waals surface area contributed by atoms with E-state index < -0.39 is 0 Å².